The summed E-state index contributed by atoms with van der Waals surface area (Å²) in [4.78, 5) is 12.2. The topological polar surface area (TPSA) is 109 Å². The fraction of sp³-hybridized carbons (Fsp3) is 0.269. The normalized spacial score (nSPS) is 14.0. The number of methoxy groups -OCH3 is 1. The molecule has 7 heteroatoms. The molecule has 0 spiro atoms. The van der Waals surface area contributed by atoms with Crippen molar-refractivity contribution >= 4 is 23.3 Å². The van der Waals surface area contributed by atoms with Gasteiger partial charge in [-0.1, -0.05) is 11.6 Å². The van der Waals surface area contributed by atoms with Crippen LogP contribution in [-0.2, 0) is 6.42 Å². The number of allylic oxidation sites excluding steroid dienone is 2. The van der Waals surface area contributed by atoms with E-state index in [2.05, 4.69) is 0 Å². The van der Waals surface area contributed by atoms with Crippen molar-refractivity contribution in [2.24, 2.45) is 0 Å². The monoisotopic (exact) mass is 450 g/mol. The molecule has 3 aromatic rings. The molecular weight excluding hydrogens is 424 g/mol. The van der Waals surface area contributed by atoms with Crippen LogP contribution in [0.25, 0.3) is 28.4 Å². The molecule has 7 nitrogen and oxygen atoms in total. The maximum absolute atomic E-state index is 12.2. The Bertz CT molecular complexity index is 1340. The average Bonchev–Trinajstić information content (AvgIpc) is 3.09. The molecule has 0 radical (unpaired) electrons. The quantitative estimate of drug-likeness (QED) is 0.336. The van der Waals surface area contributed by atoms with Gasteiger partial charge in [0.2, 0.25) is 0 Å². The van der Waals surface area contributed by atoms with E-state index in [1.807, 2.05) is 39.8 Å². The number of carbonyl (C=O) groups is 1. The zero-order valence-corrected chi connectivity index (χ0v) is 19.1. The number of rotatable bonds is 5. The third-order valence-corrected chi connectivity index (χ3v) is 5.61. The number of carbonyl (C=O) groups excluding carboxylic acids is 1. The van der Waals surface area contributed by atoms with Crippen molar-refractivity contribution in [1.29, 1.82) is 0 Å². The van der Waals surface area contributed by atoms with Crippen molar-refractivity contribution in [2.45, 2.75) is 39.7 Å². The van der Waals surface area contributed by atoms with E-state index in [0.717, 1.165) is 5.57 Å². The summed E-state index contributed by atoms with van der Waals surface area (Å²) in [5, 5.41) is 32.2. The lowest BCUT2D eigenvalue weighted by molar-refractivity contribution is 0.112. The van der Waals surface area contributed by atoms with Gasteiger partial charge >= 0.3 is 0 Å². The van der Waals surface area contributed by atoms with E-state index in [4.69, 9.17) is 13.9 Å². The Hall–Kier alpha value is -3.87. The molecular formula is C26H26O7. The van der Waals surface area contributed by atoms with E-state index >= 15 is 0 Å². The summed E-state index contributed by atoms with van der Waals surface area (Å²) >= 11 is 0. The number of benzene rings is 2. The molecule has 0 aliphatic carbocycles. The van der Waals surface area contributed by atoms with Crippen molar-refractivity contribution in [2.75, 3.05) is 7.11 Å². The summed E-state index contributed by atoms with van der Waals surface area (Å²) in [5.74, 6) is -0.0613. The lowest BCUT2D eigenvalue weighted by Crippen LogP contribution is -2.27. The molecule has 1 aromatic heterocycles. The number of aromatic hydroxyl groups is 3. The molecule has 0 saturated carbocycles. The standard InChI is InChI=1S/C26H26O7/c1-13(2)6-7-14-18(28)11-19(29)21(24(14)31-5)25-17(12-27)16-10-20(30)23-15(22(16)32-25)8-9-26(3,4)33-23/h6,8-12,28-30H,7H2,1-5H3. The number of phenolic OH excluding ortho intramolecular Hbond substituents is 3. The molecule has 4 rings (SSSR count). The van der Waals surface area contributed by atoms with E-state index in [1.54, 1.807) is 6.08 Å². The highest BCUT2D eigenvalue weighted by atomic mass is 16.5. The highest BCUT2D eigenvalue weighted by molar-refractivity contribution is 6.07. The zero-order valence-electron chi connectivity index (χ0n) is 19.1. The van der Waals surface area contributed by atoms with Crippen molar-refractivity contribution in [3.05, 3.63) is 46.5 Å². The maximum Gasteiger partial charge on any atom is 0.173 e. The first-order valence-electron chi connectivity index (χ1n) is 10.5. The number of hydrogen-bond donors (Lipinski definition) is 3. The molecule has 1 aliphatic rings. The van der Waals surface area contributed by atoms with Gasteiger partial charge in [0.05, 0.1) is 18.2 Å². The second kappa shape index (κ2) is 7.92. The summed E-state index contributed by atoms with van der Waals surface area (Å²) in [6.45, 7) is 7.57. The third-order valence-electron chi connectivity index (χ3n) is 5.61. The van der Waals surface area contributed by atoms with E-state index in [0.29, 0.717) is 34.8 Å². The van der Waals surface area contributed by atoms with E-state index in [9.17, 15) is 20.1 Å². The van der Waals surface area contributed by atoms with Crippen LogP contribution in [0.3, 0.4) is 0 Å². The van der Waals surface area contributed by atoms with Crippen LogP contribution in [0.2, 0.25) is 0 Å². The molecule has 0 amide bonds. The fourth-order valence-corrected chi connectivity index (χ4v) is 4.01. The molecule has 0 fully saturated rings. The van der Waals surface area contributed by atoms with Crippen LogP contribution in [0, 0.1) is 0 Å². The Kier molecular flexibility index (Phi) is 5.36. The highest BCUT2D eigenvalue weighted by Crippen LogP contribution is 2.51. The summed E-state index contributed by atoms with van der Waals surface area (Å²) < 4.78 is 17.6. The Morgan fingerprint density at radius 3 is 2.48 bits per heavy atom. The Morgan fingerprint density at radius 2 is 1.85 bits per heavy atom. The van der Waals surface area contributed by atoms with Crippen LogP contribution in [-0.4, -0.2) is 34.3 Å². The minimum Gasteiger partial charge on any atom is -0.507 e. The molecule has 2 aromatic carbocycles. The number of ether oxygens (including phenoxy) is 2. The van der Waals surface area contributed by atoms with Crippen molar-refractivity contribution in [1.82, 2.24) is 0 Å². The number of aldehydes is 1. The van der Waals surface area contributed by atoms with Gasteiger partial charge < -0.3 is 29.2 Å². The molecule has 0 saturated heterocycles. The number of fused-ring (bicyclic) bond motifs is 3. The summed E-state index contributed by atoms with van der Waals surface area (Å²) in [6, 6.07) is 2.61. The van der Waals surface area contributed by atoms with Crippen molar-refractivity contribution < 1.29 is 34.0 Å². The third kappa shape index (κ3) is 3.69. The van der Waals surface area contributed by atoms with Gasteiger partial charge in [0.1, 0.15) is 34.0 Å². The van der Waals surface area contributed by atoms with Crippen LogP contribution < -0.4 is 9.47 Å². The lowest BCUT2D eigenvalue weighted by atomic mass is 9.97. The van der Waals surface area contributed by atoms with Gasteiger partial charge in [0.15, 0.2) is 23.5 Å². The summed E-state index contributed by atoms with van der Waals surface area (Å²) in [7, 11) is 1.42. The van der Waals surface area contributed by atoms with Crippen LogP contribution in [0.5, 0.6) is 28.7 Å². The zero-order chi connectivity index (χ0) is 24.1. The van der Waals surface area contributed by atoms with Gasteiger partial charge in [-0.05, 0) is 52.3 Å². The Morgan fingerprint density at radius 1 is 1.12 bits per heavy atom. The van der Waals surface area contributed by atoms with Crippen molar-refractivity contribution in [3.8, 4) is 40.1 Å². The van der Waals surface area contributed by atoms with Crippen molar-refractivity contribution in [3.63, 3.8) is 0 Å². The number of hydrogen-bond acceptors (Lipinski definition) is 7. The predicted molar refractivity (Wildman–Crippen MR) is 125 cm³/mol. The minimum atomic E-state index is -0.626. The number of furan rings is 1. The summed E-state index contributed by atoms with van der Waals surface area (Å²) in [5.41, 5.74) is 1.94. The number of phenols is 3. The van der Waals surface area contributed by atoms with Crippen LogP contribution in [0.1, 0.15) is 49.2 Å². The van der Waals surface area contributed by atoms with Gasteiger partial charge in [-0.2, -0.15) is 0 Å². The van der Waals surface area contributed by atoms with Crippen LogP contribution >= 0.6 is 0 Å². The molecule has 0 unspecified atom stereocenters. The lowest BCUT2D eigenvalue weighted by Gasteiger charge is -2.28. The second-order valence-corrected chi connectivity index (χ2v) is 8.80. The Labute approximate surface area is 191 Å². The first-order chi connectivity index (χ1) is 15.6. The van der Waals surface area contributed by atoms with E-state index in [1.165, 1.54) is 19.2 Å². The molecule has 33 heavy (non-hydrogen) atoms. The molecule has 0 bridgehead atoms. The highest BCUT2D eigenvalue weighted by Gasteiger charge is 2.31. The molecule has 1 aliphatic heterocycles. The predicted octanol–water partition coefficient (Wildman–Crippen LogP) is 5.73. The van der Waals surface area contributed by atoms with Crippen LogP contribution in [0.15, 0.2) is 34.3 Å². The summed E-state index contributed by atoms with van der Waals surface area (Å²) in [6.07, 6.45) is 6.47. The second-order valence-electron chi connectivity index (χ2n) is 8.80. The molecule has 2 heterocycles. The smallest absolute Gasteiger partial charge is 0.173 e. The fourth-order valence-electron chi connectivity index (χ4n) is 4.01. The van der Waals surface area contributed by atoms with Gasteiger partial charge in [0, 0.05) is 17.0 Å². The van der Waals surface area contributed by atoms with E-state index in [-0.39, 0.29) is 45.6 Å². The maximum atomic E-state index is 12.2. The first-order valence-corrected chi connectivity index (χ1v) is 10.5. The average molecular weight is 450 g/mol. The largest absolute Gasteiger partial charge is 0.507 e. The SMILES string of the molecule is COc1c(CC=C(C)C)c(O)cc(O)c1-c1oc2c3c(c(O)cc2c1C=O)OC(C)(C)C=C3. The molecule has 3 N–H and O–H groups in total. The van der Waals surface area contributed by atoms with Gasteiger partial charge in [-0.3, -0.25) is 4.79 Å². The van der Waals surface area contributed by atoms with Gasteiger partial charge in [-0.15, -0.1) is 0 Å². The first kappa shape index (κ1) is 22.3. The molecule has 172 valence electrons. The Balaban J connectivity index is 2.05. The van der Waals surface area contributed by atoms with Crippen LogP contribution in [0.4, 0.5) is 0 Å². The minimum absolute atomic E-state index is 0.0684. The van der Waals surface area contributed by atoms with E-state index < -0.39 is 5.60 Å². The van der Waals surface area contributed by atoms with Gasteiger partial charge in [0.25, 0.3) is 0 Å². The van der Waals surface area contributed by atoms with Gasteiger partial charge in [-0.25, -0.2) is 0 Å². The molecule has 0 atom stereocenters.